The van der Waals surface area contributed by atoms with E-state index in [-0.39, 0.29) is 21.5 Å². The minimum atomic E-state index is -4.55. The molecule has 0 fully saturated rings. The number of carbonyl (C=O) groups is 1. The average Bonchev–Trinajstić information content (AvgIpc) is 2.78. The standard InChI is InChI=1S/C21H18F3N3O5S2/c1-2-32-15-6-8-16(9-7-15)34(30,31)17-11-25-20(27-19(17)29)33-12-18(28)26-14-5-3-4-13(10-14)21(22,23)24/h3-11H,2,12H2,1H3,(H,26,28)(H,25,27,29). The van der Waals surface area contributed by atoms with Crippen LogP contribution in [0.4, 0.5) is 18.9 Å². The van der Waals surface area contributed by atoms with Crippen LogP contribution in [0.2, 0.25) is 0 Å². The summed E-state index contributed by atoms with van der Waals surface area (Å²) >= 11 is 0.782. The number of nitrogens with one attached hydrogen (secondary N) is 2. The number of nitrogens with zero attached hydrogens (tertiary/aromatic N) is 1. The highest BCUT2D eigenvalue weighted by atomic mass is 32.2. The first-order valence-corrected chi connectivity index (χ1v) is 12.1. The number of amides is 1. The Morgan fingerprint density at radius 3 is 2.50 bits per heavy atom. The third-order valence-electron chi connectivity index (χ3n) is 4.29. The van der Waals surface area contributed by atoms with Gasteiger partial charge in [0, 0.05) is 5.69 Å². The first-order valence-electron chi connectivity index (χ1n) is 9.68. The van der Waals surface area contributed by atoms with Gasteiger partial charge in [-0.25, -0.2) is 13.4 Å². The Balaban J connectivity index is 1.67. The summed E-state index contributed by atoms with van der Waals surface area (Å²) in [5, 5.41) is 2.29. The number of alkyl halides is 3. The molecule has 1 heterocycles. The molecule has 0 bridgehead atoms. The number of anilines is 1. The van der Waals surface area contributed by atoms with Gasteiger partial charge in [0.05, 0.1) is 29.0 Å². The van der Waals surface area contributed by atoms with Crippen LogP contribution in [-0.4, -0.2) is 36.7 Å². The van der Waals surface area contributed by atoms with Crippen molar-refractivity contribution in [3.05, 3.63) is 70.6 Å². The van der Waals surface area contributed by atoms with Gasteiger partial charge < -0.3 is 15.0 Å². The highest BCUT2D eigenvalue weighted by Crippen LogP contribution is 2.30. The van der Waals surface area contributed by atoms with Crippen molar-refractivity contribution in [2.75, 3.05) is 17.7 Å². The molecule has 1 amide bonds. The molecule has 180 valence electrons. The largest absolute Gasteiger partial charge is 0.494 e. The number of hydrogen-bond donors (Lipinski definition) is 2. The molecule has 3 rings (SSSR count). The van der Waals surface area contributed by atoms with Gasteiger partial charge in [-0.05, 0) is 49.4 Å². The van der Waals surface area contributed by atoms with Crippen LogP contribution < -0.4 is 15.6 Å². The van der Waals surface area contributed by atoms with E-state index in [9.17, 15) is 31.2 Å². The highest BCUT2D eigenvalue weighted by molar-refractivity contribution is 7.99. The van der Waals surface area contributed by atoms with Crippen LogP contribution in [0.5, 0.6) is 5.75 Å². The molecule has 0 spiro atoms. The van der Waals surface area contributed by atoms with Crippen LogP contribution in [0.25, 0.3) is 0 Å². The number of aromatic amines is 1. The number of hydrogen-bond acceptors (Lipinski definition) is 7. The van der Waals surface area contributed by atoms with E-state index in [0.29, 0.717) is 12.4 Å². The molecule has 0 atom stereocenters. The maximum atomic E-state index is 12.8. The first-order chi connectivity index (χ1) is 16.0. The van der Waals surface area contributed by atoms with Crippen molar-refractivity contribution >= 4 is 33.2 Å². The molecular weight excluding hydrogens is 495 g/mol. The maximum absolute atomic E-state index is 12.8. The van der Waals surface area contributed by atoms with E-state index in [0.717, 1.165) is 36.2 Å². The van der Waals surface area contributed by atoms with E-state index in [1.807, 2.05) is 0 Å². The monoisotopic (exact) mass is 513 g/mol. The summed E-state index contributed by atoms with van der Waals surface area (Å²) in [6, 6.07) is 9.68. The van der Waals surface area contributed by atoms with E-state index >= 15 is 0 Å². The van der Waals surface area contributed by atoms with Crippen molar-refractivity contribution in [2.45, 2.75) is 28.0 Å². The van der Waals surface area contributed by atoms with Crippen LogP contribution in [0, 0.1) is 0 Å². The SMILES string of the molecule is CCOc1ccc(S(=O)(=O)c2cnc(SCC(=O)Nc3cccc(C(F)(F)F)c3)[nH]c2=O)cc1. The topological polar surface area (TPSA) is 118 Å². The third kappa shape index (κ3) is 6.17. The number of rotatable bonds is 8. The summed E-state index contributed by atoms with van der Waals surface area (Å²) in [6.45, 7) is 2.19. The summed E-state index contributed by atoms with van der Waals surface area (Å²) in [4.78, 5) is 29.9. The number of ether oxygens (including phenoxy) is 1. The predicted molar refractivity (Wildman–Crippen MR) is 119 cm³/mol. The summed E-state index contributed by atoms with van der Waals surface area (Å²) in [5.74, 6) is -0.453. The second-order valence-electron chi connectivity index (χ2n) is 6.70. The number of halogens is 3. The fraction of sp³-hybridized carbons (Fsp3) is 0.190. The van der Waals surface area contributed by atoms with Crippen molar-refractivity contribution in [3.63, 3.8) is 0 Å². The lowest BCUT2D eigenvalue weighted by molar-refractivity contribution is -0.137. The van der Waals surface area contributed by atoms with E-state index in [2.05, 4.69) is 15.3 Å². The molecule has 34 heavy (non-hydrogen) atoms. The third-order valence-corrected chi connectivity index (χ3v) is 6.94. The normalized spacial score (nSPS) is 11.8. The van der Waals surface area contributed by atoms with Crippen molar-refractivity contribution in [1.82, 2.24) is 9.97 Å². The van der Waals surface area contributed by atoms with Crippen molar-refractivity contribution in [1.29, 1.82) is 0 Å². The maximum Gasteiger partial charge on any atom is 0.416 e. The molecular formula is C21H18F3N3O5S2. The van der Waals surface area contributed by atoms with E-state index in [4.69, 9.17) is 4.74 Å². The van der Waals surface area contributed by atoms with Gasteiger partial charge in [-0.3, -0.25) is 9.59 Å². The quantitative estimate of drug-likeness (QED) is 0.348. The van der Waals surface area contributed by atoms with Crippen molar-refractivity contribution in [2.24, 2.45) is 0 Å². The van der Waals surface area contributed by atoms with Crippen LogP contribution in [0.3, 0.4) is 0 Å². The van der Waals surface area contributed by atoms with Crippen LogP contribution in [-0.2, 0) is 20.8 Å². The van der Waals surface area contributed by atoms with Crippen LogP contribution >= 0.6 is 11.8 Å². The fourth-order valence-corrected chi connectivity index (χ4v) is 4.61. The zero-order valence-electron chi connectivity index (χ0n) is 17.5. The van der Waals surface area contributed by atoms with Gasteiger partial charge in [0.15, 0.2) is 10.1 Å². The molecule has 0 saturated carbocycles. The van der Waals surface area contributed by atoms with Crippen molar-refractivity contribution < 1.29 is 31.1 Å². The number of benzene rings is 2. The molecule has 0 aliphatic rings. The minimum absolute atomic E-state index is 0.0326. The van der Waals surface area contributed by atoms with E-state index in [1.54, 1.807) is 6.92 Å². The Bertz CT molecular complexity index is 1340. The van der Waals surface area contributed by atoms with Gasteiger partial charge in [-0.1, -0.05) is 17.8 Å². The zero-order valence-corrected chi connectivity index (χ0v) is 19.2. The first kappa shape index (κ1) is 25.3. The molecule has 3 aromatic rings. The Kier molecular flexibility index (Phi) is 7.67. The van der Waals surface area contributed by atoms with E-state index < -0.39 is 37.9 Å². The molecule has 0 aliphatic carbocycles. The lowest BCUT2D eigenvalue weighted by atomic mass is 10.2. The predicted octanol–water partition coefficient (Wildman–Crippen LogP) is 3.75. The molecule has 13 heteroatoms. The summed E-state index contributed by atoms with van der Waals surface area (Å²) < 4.78 is 69.1. The number of thioether (sulfide) groups is 1. The Hall–Kier alpha value is -3.32. The molecule has 0 unspecified atom stereocenters. The van der Waals surface area contributed by atoms with Gasteiger partial charge in [-0.2, -0.15) is 13.2 Å². The highest BCUT2D eigenvalue weighted by Gasteiger charge is 2.30. The molecule has 8 nitrogen and oxygen atoms in total. The number of sulfone groups is 1. The minimum Gasteiger partial charge on any atom is -0.494 e. The molecule has 2 aromatic carbocycles. The van der Waals surface area contributed by atoms with Crippen molar-refractivity contribution in [3.8, 4) is 5.75 Å². The summed E-state index contributed by atoms with van der Waals surface area (Å²) in [6.07, 6.45) is -3.66. The average molecular weight is 514 g/mol. The number of H-pyrrole nitrogens is 1. The zero-order chi connectivity index (χ0) is 24.9. The Morgan fingerprint density at radius 1 is 1.18 bits per heavy atom. The van der Waals surface area contributed by atoms with Gasteiger partial charge >= 0.3 is 6.18 Å². The molecule has 2 N–H and O–H groups in total. The second-order valence-corrected chi connectivity index (χ2v) is 9.59. The van der Waals surface area contributed by atoms with E-state index in [1.165, 1.54) is 30.3 Å². The van der Waals surface area contributed by atoms with Gasteiger partial charge in [0.1, 0.15) is 5.75 Å². The summed E-state index contributed by atoms with van der Waals surface area (Å²) in [5.41, 5.74) is -1.88. The smallest absolute Gasteiger partial charge is 0.416 e. The Morgan fingerprint density at radius 2 is 1.88 bits per heavy atom. The summed E-state index contributed by atoms with van der Waals surface area (Å²) in [7, 11) is -4.15. The number of carbonyl (C=O) groups excluding carboxylic acids is 1. The number of aromatic nitrogens is 2. The Labute approximate surface area is 196 Å². The molecule has 0 aliphatic heterocycles. The van der Waals surface area contributed by atoms with Gasteiger partial charge in [0.2, 0.25) is 15.7 Å². The molecule has 0 radical (unpaired) electrons. The second kappa shape index (κ2) is 10.3. The van der Waals surface area contributed by atoms with Gasteiger partial charge in [0.25, 0.3) is 5.56 Å². The van der Waals surface area contributed by atoms with Crippen LogP contribution in [0.15, 0.2) is 74.5 Å². The lowest BCUT2D eigenvalue weighted by Crippen LogP contribution is -2.20. The molecule has 1 aromatic heterocycles. The molecule has 0 saturated heterocycles. The van der Waals surface area contributed by atoms with Crippen LogP contribution in [0.1, 0.15) is 12.5 Å². The lowest BCUT2D eigenvalue weighted by Gasteiger charge is -2.10. The fourth-order valence-electron chi connectivity index (χ4n) is 2.74. The van der Waals surface area contributed by atoms with Gasteiger partial charge in [-0.15, -0.1) is 0 Å².